The van der Waals surface area contributed by atoms with Gasteiger partial charge >= 0.3 is 0 Å². The Hall–Kier alpha value is -2.04. The number of allylic oxidation sites excluding steroid dienone is 2. The quantitative estimate of drug-likeness (QED) is 0.773. The minimum atomic E-state index is -1.17. The van der Waals surface area contributed by atoms with Crippen LogP contribution in [0.2, 0.25) is 0 Å². The fraction of sp³-hybridized carbons (Fsp3) is 0.385. The predicted molar refractivity (Wildman–Crippen MR) is 60.9 cm³/mol. The van der Waals surface area contributed by atoms with Gasteiger partial charge in [-0.2, -0.15) is 0 Å². The van der Waals surface area contributed by atoms with Gasteiger partial charge in [0.2, 0.25) is 5.91 Å². The summed E-state index contributed by atoms with van der Waals surface area (Å²) in [6.45, 7) is 0.270. The highest BCUT2D eigenvalue weighted by Crippen LogP contribution is 2.25. The molecule has 18 heavy (non-hydrogen) atoms. The number of aliphatic carboxylic acids is 1. The molecule has 1 aliphatic rings. The number of carboxylic acids is 1. The minimum Gasteiger partial charge on any atom is -0.550 e. The lowest BCUT2D eigenvalue weighted by Crippen LogP contribution is -2.43. The molecule has 0 aromatic carbocycles. The van der Waals surface area contributed by atoms with Crippen molar-refractivity contribution < 1.29 is 19.1 Å². The summed E-state index contributed by atoms with van der Waals surface area (Å²) in [6.07, 6.45) is 5.91. The number of carbonyl (C=O) groups excluding carboxylic acids is 2. The Morgan fingerprint density at radius 3 is 2.67 bits per heavy atom. The number of carboxylic acid groups (broad SMARTS) is 1. The van der Waals surface area contributed by atoms with Crippen molar-refractivity contribution in [1.29, 1.82) is 0 Å². The Morgan fingerprint density at radius 1 is 1.33 bits per heavy atom. The normalized spacial score (nSPS) is 22.7. The molecule has 0 bridgehead atoms. The standard InChI is InChI=1S/C13H15NO4/c15-12(14-8-9-4-3-7-18-9)10-5-1-2-6-11(10)13(16)17/h1-4,7,10-11H,5-6,8H2,(H,14,15)(H,16,17)/p-1/t10-,11+/m0/s1. The maximum absolute atomic E-state index is 11.9. The number of hydrogen-bond donors (Lipinski definition) is 1. The highest BCUT2D eigenvalue weighted by Gasteiger charge is 2.29. The fourth-order valence-electron chi connectivity index (χ4n) is 2.08. The van der Waals surface area contributed by atoms with Crippen molar-refractivity contribution in [1.82, 2.24) is 5.32 Å². The van der Waals surface area contributed by atoms with Crippen LogP contribution < -0.4 is 10.4 Å². The van der Waals surface area contributed by atoms with E-state index in [1.54, 1.807) is 18.2 Å². The first-order valence-electron chi connectivity index (χ1n) is 5.84. The molecule has 2 rings (SSSR count). The summed E-state index contributed by atoms with van der Waals surface area (Å²) in [7, 11) is 0. The number of rotatable bonds is 4. The molecule has 0 unspecified atom stereocenters. The van der Waals surface area contributed by atoms with Gasteiger partial charge in [-0.25, -0.2) is 0 Å². The molecule has 96 valence electrons. The molecule has 0 saturated carbocycles. The monoisotopic (exact) mass is 248 g/mol. The van der Waals surface area contributed by atoms with Gasteiger partial charge in [0, 0.05) is 17.8 Å². The van der Waals surface area contributed by atoms with Crippen molar-refractivity contribution in [2.24, 2.45) is 11.8 Å². The summed E-state index contributed by atoms with van der Waals surface area (Å²) in [4.78, 5) is 22.9. The Labute approximate surface area is 104 Å². The summed E-state index contributed by atoms with van der Waals surface area (Å²) >= 11 is 0. The first kappa shape index (κ1) is 12.4. The highest BCUT2D eigenvalue weighted by molar-refractivity contribution is 5.84. The van der Waals surface area contributed by atoms with Gasteiger partial charge in [-0.3, -0.25) is 4.79 Å². The third-order valence-corrected chi connectivity index (χ3v) is 3.09. The zero-order chi connectivity index (χ0) is 13.0. The summed E-state index contributed by atoms with van der Waals surface area (Å²) in [6, 6.07) is 3.48. The molecule has 0 fully saturated rings. The zero-order valence-corrected chi connectivity index (χ0v) is 9.80. The van der Waals surface area contributed by atoms with E-state index in [-0.39, 0.29) is 12.5 Å². The van der Waals surface area contributed by atoms with Crippen LogP contribution in [0, 0.1) is 11.8 Å². The molecule has 1 N–H and O–H groups in total. The Balaban J connectivity index is 1.94. The van der Waals surface area contributed by atoms with E-state index in [1.165, 1.54) is 6.26 Å². The maximum atomic E-state index is 11.9. The van der Waals surface area contributed by atoms with Gasteiger partial charge < -0.3 is 19.6 Å². The second-order valence-corrected chi connectivity index (χ2v) is 4.27. The molecule has 2 atom stereocenters. The number of carbonyl (C=O) groups is 2. The Morgan fingerprint density at radius 2 is 2.06 bits per heavy atom. The van der Waals surface area contributed by atoms with Crippen LogP contribution in [0.4, 0.5) is 0 Å². The number of furan rings is 1. The molecule has 1 amide bonds. The minimum absolute atomic E-state index is 0.270. The van der Waals surface area contributed by atoms with Gasteiger partial charge in [0.1, 0.15) is 5.76 Å². The van der Waals surface area contributed by atoms with E-state index < -0.39 is 17.8 Å². The fourth-order valence-corrected chi connectivity index (χ4v) is 2.08. The van der Waals surface area contributed by atoms with Crippen LogP contribution in [0.5, 0.6) is 0 Å². The van der Waals surface area contributed by atoms with Crippen molar-refractivity contribution in [3.63, 3.8) is 0 Å². The van der Waals surface area contributed by atoms with E-state index in [0.29, 0.717) is 18.6 Å². The van der Waals surface area contributed by atoms with E-state index in [1.807, 2.05) is 6.08 Å². The molecule has 1 heterocycles. The van der Waals surface area contributed by atoms with Crippen molar-refractivity contribution in [2.45, 2.75) is 19.4 Å². The van der Waals surface area contributed by atoms with Crippen LogP contribution in [0.25, 0.3) is 0 Å². The summed E-state index contributed by atoms with van der Waals surface area (Å²) in [5.74, 6) is -2.11. The Bertz CT molecular complexity index is 450. The SMILES string of the molecule is O=C(NCc1ccco1)[C@H]1CC=CC[C@H]1C(=O)[O-]. The molecule has 0 aliphatic heterocycles. The molecule has 5 nitrogen and oxygen atoms in total. The molecule has 0 saturated heterocycles. The van der Waals surface area contributed by atoms with Gasteiger partial charge in [0.25, 0.3) is 0 Å². The van der Waals surface area contributed by atoms with Gasteiger partial charge in [-0.1, -0.05) is 12.2 Å². The van der Waals surface area contributed by atoms with Crippen LogP contribution >= 0.6 is 0 Å². The third-order valence-electron chi connectivity index (χ3n) is 3.09. The molecule has 1 aromatic heterocycles. The molecule has 0 spiro atoms. The lowest BCUT2D eigenvalue weighted by atomic mass is 9.82. The molecular weight excluding hydrogens is 234 g/mol. The smallest absolute Gasteiger partial charge is 0.224 e. The van der Waals surface area contributed by atoms with E-state index in [9.17, 15) is 14.7 Å². The first-order chi connectivity index (χ1) is 8.68. The second-order valence-electron chi connectivity index (χ2n) is 4.27. The van der Waals surface area contributed by atoms with Gasteiger partial charge in [-0.05, 0) is 25.0 Å². The molecule has 1 aromatic rings. The lowest BCUT2D eigenvalue weighted by Gasteiger charge is -2.28. The van der Waals surface area contributed by atoms with Crippen molar-refractivity contribution in [3.05, 3.63) is 36.3 Å². The highest BCUT2D eigenvalue weighted by atomic mass is 16.4. The van der Waals surface area contributed by atoms with E-state index >= 15 is 0 Å². The van der Waals surface area contributed by atoms with Crippen molar-refractivity contribution in [2.75, 3.05) is 0 Å². The largest absolute Gasteiger partial charge is 0.550 e. The van der Waals surface area contributed by atoms with Crippen LogP contribution in [-0.2, 0) is 16.1 Å². The number of nitrogens with one attached hydrogen (secondary N) is 1. The van der Waals surface area contributed by atoms with Crippen molar-refractivity contribution >= 4 is 11.9 Å². The van der Waals surface area contributed by atoms with Gasteiger partial charge in [0.05, 0.1) is 12.8 Å². The maximum Gasteiger partial charge on any atom is 0.224 e. The average Bonchev–Trinajstić information content (AvgIpc) is 2.89. The van der Waals surface area contributed by atoms with Gasteiger partial charge in [0.15, 0.2) is 0 Å². The lowest BCUT2D eigenvalue weighted by molar-refractivity contribution is -0.313. The number of amides is 1. The van der Waals surface area contributed by atoms with E-state index in [0.717, 1.165) is 0 Å². The van der Waals surface area contributed by atoms with E-state index in [2.05, 4.69) is 5.32 Å². The molecular formula is C13H14NO4-. The topological polar surface area (TPSA) is 82.4 Å². The van der Waals surface area contributed by atoms with Crippen LogP contribution in [0.1, 0.15) is 18.6 Å². The predicted octanol–water partition coefficient (Wildman–Crippen LogP) is 0.228. The van der Waals surface area contributed by atoms with Crippen LogP contribution in [0.15, 0.2) is 35.0 Å². The van der Waals surface area contributed by atoms with Crippen molar-refractivity contribution in [3.8, 4) is 0 Å². The molecule has 0 radical (unpaired) electrons. The first-order valence-corrected chi connectivity index (χ1v) is 5.84. The second kappa shape index (κ2) is 5.53. The van der Waals surface area contributed by atoms with E-state index in [4.69, 9.17) is 4.42 Å². The Kier molecular flexibility index (Phi) is 3.82. The summed E-state index contributed by atoms with van der Waals surface area (Å²) in [5, 5.41) is 13.6. The summed E-state index contributed by atoms with van der Waals surface area (Å²) < 4.78 is 5.09. The number of hydrogen-bond acceptors (Lipinski definition) is 4. The average molecular weight is 248 g/mol. The van der Waals surface area contributed by atoms with Crippen LogP contribution in [-0.4, -0.2) is 11.9 Å². The van der Waals surface area contributed by atoms with Gasteiger partial charge in [-0.15, -0.1) is 0 Å². The van der Waals surface area contributed by atoms with Crippen LogP contribution in [0.3, 0.4) is 0 Å². The summed E-state index contributed by atoms with van der Waals surface area (Å²) in [5.41, 5.74) is 0. The zero-order valence-electron chi connectivity index (χ0n) is 9.80. The molecule has 5 heteroatoms. The molecule has 1 aliphatic carbocycles. The third kappa shape index (κ3) is 2.80.